The number of halogens is 5. The summed E-state index contributed by atoms with van der Waals surface area (Å²) in [4.78, 5) is 15.4. The highest BCUT2D eigenvalue weighted by molar-refractivity contribution is 6.33. The van der Waals surface area contributed by atoms with Gasteiger partial charge in [0.2, 0.25) is 0 Å². The number of nitriles is 1. The zero-order chi connectivity index (χ0) is 32.1. The van der Waals surface area contributed by atoms with Gasteiger partial charge in [0.15, 0.2) is 5.78 Å². The second kappa shape index (κ2) is 11.5. The third-order valence-corrected chi connectivity index (χ3v) is 8.69. The number of nitrogens with zero attached hydrogens (tertiary/aromatic N) is 2. The lowest BCUT2D eigenvalue weighted by Gasteiger charge is -2.44. The summed E-state index contributed by atoms with van der Waals surface area (Å²) in [5.41, 5.74) is 9.29. The van der Waals surface area contributed by atoms with Crippen LogP contribution in [0.5, 0.6) is 5.75 Å². The maximum Gasteiger partial charge on any atom is 0.416 e. The summed E-state index contributed by atoms with van der Waals surface area (Å²) in [7, 11) is 0. The number of hydrogen-bond donors (Lipinski definition) is 1. The standard InChI is InChI=1S/C34H30Cl2F3N3O2/c1-18-11-20(17-44-23-8-6-22(35)7-9-23)19(2)24(12-18)30-25(16-40)32(41)42(28-14-33(3,4)15-29(43)31(28)30)27-13-21(34(37,38)39)5-10-26(27)36/h5-13,30H,14-15,17,41H2,1-4H3. The molecule has 3 aromatic carbocycles. The zero-order valence-corrected chi connectivity index (χ0v) is 26.1. The minimum Gasteiger partial charge on any atom is -0.489 e. The fourth-order valence-electron chi connectivity index (χ4n) is 6.06. The molecular formula is C34H30Cl2F3N3O2. The number of ketones is 1. The van der Waals surface area contributed by atoms with Crippen LogP contribution in [0.2, 0.25) is 10.0 Å². The Morgan fingerprint density at radius 2 is 1.75 bits per heavy atom. The fourth-order valence-corrected chi connectivity index (χ4v) is 6.39. The molecule has 1 aliphatic carbocycles. The van der Waals surface area contributed by atoms with E-state index in [4.69, 9.17) is 33.7 Å². The van der Waals surface area contributed by atoms with Gasteiger partial charge >= 0.3 is 6.18 Å². The number of ether oxygens (including phenoxy) is 1. The average Bonchev–Trinajstić information content (AvgIpc) is 2.93. The lowest BCUT2D eigenvalue weighted by atomic mass is 9.68. The molecule has 10 heteroatoms. The van der Waals surface area contributed by atoms with Crippen LogP contribution < -0.4 is 15.4 Å². The van der Waals surface area contributed by atoms with Crippen molar-refractivity contribution in [2.75, 3.05) is 4.90 Å². The Labute approximate surface area is 264 Å². The topological polar surface area (TPSA) is 79.3 Å². The Kier molecular flexibility index (Phi) is 8.25. The lowest BCUT2D eigenvalue weighted by molar-refractivity contribution is -0.137. The van der Waals surface area contributed by atoms with E-state index in [0.717, 1.165) is 34.9 Å². The largest absolute Gasteiger partial charge is 0.489 e. The van der Waals surface area contributed by atoms with E-state index < -0.39 is 23.1 Å². The molecule has 1 atom stereocenters. The minimum atomic E-state index is -4.64. The number of Topliss-reactive ketones (excluding diaryl/α,β-unsaturated/α-hetero) is 1. The fraction of sp³-hybridized carbons (Fsp3) is 0.294. The number of carbonyl (C=O) groups is 1. The van der Waals surface area contributed by atoms with Gasteiger partial charge in [-0.15, -0.1) is 0 Å². The van der Waals surface area contributed by atoms with Gasteiger partial charge in [0, 0.05) is 22.7 Å². The zero-order valence-electron chi connectivity index (χ0n) is 24.6. The smallest absolute Gasteiger partial charge is 0.416 e. The first-order chi connectivity index (χ1) is 20.6. The Bertz CT molecular complexity index is 1770. The van der Waals surface area contributed by atoms with E-state index in [2.05, 4.69) is 6.07 Å². The van der Waals surface area contributed by atoms with Crippen LogP contribution in [0.4, 0.5) is 18.9 Å². The highest BCUT2D eigenvalue weighted by Crippen LogP contribution is 2.52. The molecule has 0 saturated heterocycles. The molecule has 0 aromatic heterocycles. The first-order valence-electron chi connectivity index (χ1n) is 13.9. The number of carbonyl (C=O) groups excluding carboxylic acids is 1. The Balaban J connectivity index is 1.70. The molecule has 0 saturated carbocycles. The van der Waals surface area contributed by atoms with E-state index in [1.54, 1.807) is 24.3 Å². The van der Waals surface area contributed by atoms with Crippen molar-refractivity contribution in [3.05, 3.63) is 115 Å². The third kappa shape index (κ3) is 5.91. The van der Waals surface area contributed by atoms with E-state index >= 15 is 0 Å². The normalized spacial score (nSPS) is 18.3. The number of allylic oxidation sites excluding steroid dienone is 3. The highest BCUT2D eigenvalue weighted by Gasteiger charge is 2.46. The molecule has 2 N–H and O–H groups in total. The molecule has 0 bridgehead atoms. The van der Waals surface area contributed by atoms with Crippen LogP contribution >= 0.6 is 23.2 Å². The minimum absolute atomic E-state index is 0.00717. The van der Waals surface area contributed by atoms with Crippen molar-refractivity contribution in [1.29, 1.82) is 5.26 Å². The van der Waals surface area contributed by atoms with Gasteiger partial charge in [-0.05, 0) is 84.8 Å². The summed E-state index contributed by atoms with van der Waals surface area (Å²) < 4.78 is 47.4. The molecule has 0 amide bonds. The van der Waals surface area contributed by atoms with Crippen LogP contribution in [0, 0.1) is 30.6 Å². The van der Waals surface area contributed by atoms with Crippen LogP contribution in [0.1, 0.15) is 60.4 Å². The number of alkyl halides is 3. The maximum absolute atomic E-state index is 14.0. The monoisotopic (exact) mass is 639 g/mol. The van der Waals surface area contributed by atoms with Gasteiger partial charge in [-0.25, -0.2) is 0 Å². The SMILES string of the molecule is Cc1cc(COc2ccc(Cl)cc2)c(C)c(C2C(C#N)=C(N)N(c3cc(C(F)(F)F)ccc3Cl)C3=C2C(=O)CC(C)(C)C3)c1. The van der Waals surface area contributed by atoms with Gasteiger partial charge in [0.25, 0.3) is 0 Å². The summed E-state index contributed by atoms with van der Waals surface area (Å²) in [6, 6.07) is 16.0. The summed E-state index contributed by atoms with van der Waals surface area (Å²) >= 11 is 12.5. The Morgan fingerprint density at radius 1 is 1.07 bits per heavy atom. The third-order valence-electron chi connectivity index (χ3n) is 8.11. The highest BCUT2D eigenvalue weighted by atomic mass is 35.5. The summed E-state index contributed by atoms with van der Waals surface area (Å²) in [6.45, 7) is 7.86. The number of rotatable bonds is 5. The van der Waals surface area contributed by atoms with Crippen LogP contribution in [0.15, 0.2) is 77.3 Å². The summed E-state index contributed by atoms with van der Waals surface area (Å²) in [6.07, 6.45) is -4.12. The van der Waals surface area contributed by atoms with Gasteiger partial charge in [0.05, 0.1) is 33.8 Å². The Morgan fingerprint density at radius 3 is 2.39 bits per heavy atom. The van der Waals surface area contributed by atoms with Gasteiger partial charge in [-0.2, -0.15) is 18.4 Å². The number of benzene rings is 3. The van der Waals surface area contributed by atoms with Crippen LogP contribution in [-0.2, 0) is 17.6 Å². The molecule has 1 unspecified atom stereocenters. The van der Waals surface area contributed by atoms with E-state index in [1.165, 1.54) is 4.90 Å². The number of hydrogen-bond acceptors (Lipinski definition) is 5. The number of anilines is 1. The molecule has 1 heterocycles. The molecule has 0 spiro atoms. The average molecular weight is 641 g/mol. The van der Waals surface area contributed by atoms with Crippen LogP contribution in [-0.4, -0.2) is 5.78 Å². The molecule has 44 heavy (non-hydrogen) atoms. The van der Waals surface area contributed by atoms with Gasteiger partial charge in [-0.1, -0.05) is 54.7 Å². The van der Waals surface area contributed by atoms with Crippen LogP contribution in [0.3, 0.4) is 0 Å². The first-order valence-corrected chi connectivity index (χ1v) is 14.7. The van der Waals surface area contributed by atoms with Crippen molar-refractivity contribution < 1.29 is 22.7 Å². The second-order valence-electron chi connectivity index (χ2n) is 12.0. The van der Waals surface area contributed by atoms with E-state index in [1.807, 2.05) is 39.8 Å². The predicted octanol–water partition coefficient (Wildman–Crippen LogP) is 9.15. The number of nitrogens with two attached hydrogens (primary N) is 1. The second-order valence-corrected chi connectivity index (χ2v) is 12.9. The molecule has 5 rings (SSSR count). The van der Waals surface area contributed by atoms with Crippen molar-refractivity contribution in [3.8, 4) is 11.8 Å². The van der Waals surface area contributed by atoms with E-state index in [9.17, 15) is 23.2 Å². The van der Waals surface area contributed by atoms with Crippen molar-refractivity contribution >= 4 is 34.7 Å². The van der Waals surface area contributed by atoms with Crippen molar-refractivity contribution in [2.45, 2.75) is 59.2 Å². The first kappa shape index (κ1) is 31.5. The summed E-state index contributed by atoms with van der Waals surface area (Å²) in [5.74, 6) is -0.467. The van der Waals surface area contributed by atoms with Crippen molar-refractivity contribution in [2.24, 2.45) is 11.1 Å². The van der Waals surface area contributed by atoms with Crippen molar-refractivity contribution in [3.63, 3.8) is 0 Å². The maximum atomic E-state index is 14.0. The molecule has 0 radical (unpaired) electrons. The van der Waals surface area contributed by atoms with Crippen molar-refractivity contribution in [1.82, 2.24) is 0 Å². The molecule has 228 valence electrons. The molecule has 3 aromatic rings. The van der Waals surface area contributed by atoms with Gasteiger partial charge in [-0.3, -0.25) is 9.69 Å². The lowest BCUT2D eigenvalue weighted by Crippen LogP contribution is -2.42. The van der Waals surface area contributed by atoms with Gasteiger partial charge < -0.3 is 10.5 Å². The number of aryl methyl sites for hydroxylation is 1. The van der Waals surface area contributed by atoms with Gasteiger partial charge in [0.1, 0.15) is 18.2 Å². The molecule has 0 fully saturated rings. The molecule has 5 nitrogen and oxygen atoms in total. The van der Waals surface area contributed by atoms with E-state index in [-0.39, 0.29) is 40.9 Å². The quantitative estimate of drug-likeness (QED) is 0.301. The Hall–Kier alpha value is -3.93. The molecule has 1 aliphatic heterocycles. The summed E-state index contributed by atoms with van der Waals surface area (Å²) in [5, 5.41) is 11.1. The predicted molar refractivity (Wildman–Crippen MR) is 165 cm³/mol. The van der Waals surface area contributed by atoms with Crippen LogP contribution in [0.25, 0.3) is 0 Å². The van der Waals surface area contributed by atoms with E-state index in [0.29, 0.717) is 34.0 Å². The molecule has 2 aliphatic rings. The molecular weight excluding hydrogens is 610 g/mol.